The number of nitrogens with one attached hydrogen (secondary N) is 1. The van der Waals surface area contributed by atoms with Gasteiger partial charge in [-0.2, -0.15) is 0 Å². The second-order valence-corrected chi connectivity index (χ2v) is 5.91. The molecule has 0 fully saturated rings. The standard InChI is InChI=1S/C19H25NO5/c1-2-24-18(22)17(21)14-10-12-15(13-11-14)20-19(23)25-16-8-6-4-3-5-7-9-16/h6,8,10-13,16-17,21H,2-5,7,9H2,1H3,(H,20,23)/b8-6-. The van der Waals surface area contributed by atoms with Gasteiger partial charge in [-0.15, -0.1) is 0 Å². The lowest BCUT2D eigenvalue weighted by Gasteiger charge is -2.17. The Morgan fingerprint density at radius 2 is 2.00 bits per heavy atom. The van der Waals surface area contributed by atoms with Crippen molar-refractivity contribution in [2.24, 2.45) is 0 Å². The van der Waals surface area contributed by atoms with Gasteiger partial charge in [-0.25, -0.2) is 9.59 Å². The quantitative estimate of drug-likeness (QED) is 0.626. The Balaban J connectivity index is 1.88. The van der Waals surface area contributed by atoms with E-state index in [9.17, 15) is 14.7 Å². The zero-order valence-electron chi connectivity index (χ0n) is 14.4. The molecular formula is C19H25NO5. The van der Waals surface area contributed by atoms with Crippen molar-refractivity contribution in [1.29, 1.82) is 0 Å². The monoisotopic (exact) mass is 347 g/mol. The van der Waals surface area contributed by atoms with Crippen molar-refractivity contribution >= 4 is 17.7 Å². The first-order valence-corrected chi connectivity index (χ1v) is 8.69. The SMILES string of the molecule is CCOC(=O)C(O)c1ccc(NC(=O)OC2/C=C\CCCCC2)cc1. The van der Waals surface area contributed by atoms with E-state index in [1.165, 1.54) is 6.42 Å². The minimum absolute atomic E-state index is 0.204. The van der Waals surface area contributed by atoms with Crippen molar-refractivity contribution in [2.45, 2.75) is 51.2 Å². The molecule has 6 nitrogen and oxygen atoms in total. The topological polar surface area (TPSA) is 84.9 Å². The Hall–Kier alpha value is -2.34. The number of amides is 1. The summed E-state index contributed by atoms with van der Waals surface area (Å²) in [4.78, 5) is 23.5. The summed E-state index contributed by atoms with van der Waals surface area (Å²) in [5.74, 6) is -0.696. The molecule has 1 aliphatic rings. The van der Waals surface area contributed by atoms with Gasteiger partial charge in [0, 0.05) is 5.69 Å². The molecule has 0 saturated carbocycles. The molecule has 0 saturated heterocycles. The first-order valence-electron chi connectivity index (χ1n) is 8.69. The third-order valence-corrected chi connectivity index (χ3v) is 3.95. The fourth-order valence-corrected chi connectivity index (χ4v) is 2.62. The molecule has 25 heavy (non-hydrogen) atoms. The number of benzene rings is 1. The minimum atomic E-state index is -1.33. The first-order chi connectivity index (χ1) is 12.1. The summed E-state index contributed by atoms with van der Waals surface area (Å²) in [6, 6.07) is 6.33. The number of carbonyl (C=O) groups is 2. The third-order valence-electron chi connectivity index (χ3n) is 3.95. The largest absolute Gasteiger partial charge is 0.464 e. The number of aliphatic hydroxyl groups is 1. The lowest BCUT2D eigenvalue weighted by Crippen LogP contribution is -2.21. The van der Waals surface area contributed by atoms with Crippen LogP contribution in [0.1, 0.15) is 50.7 Å². The van der Waals surface area contributed by atoms with E-state index in [4.69, 9.17) is 9.47 Å². The maximum atomic E-state index is 12.0. The van der Waals surface area contributed by atoms with Gasteiger partial charge in [0.05, 0.1) is 6.61 Å². The van der Waals surface area contributed by atoms with Crippen LogP contribution in [-0.4, -0.2) is 29.9 Å². The van der Waals surface area contributed by atoms with Gasteiger partial charge in [0.25, 0.3) is 0 Å². The Labute approximate surface area is 147 Å². The van der Waals surface area contributed by atoms with Crippen LogP contribution in [-0.2, 0) is 14.3 Å². The predicted octanol–water partition coefficient (Wildman–Crippen LogP) is 3.72. The lowest BCUT2D eigenvalue weighted by molar-refractivity contribution is -0.153. The maximum Gasteiger partial charge on any atom is 0.412 e. The molecule has 2 unspecified atom stereocenters. The molecule has 0 heterocycles. The van der Waals surface area contributed by atoms with Gasteiger partial charge in [-0.05, 0) is 56.4 Å². The maximum absolute atomic E-state index is 12.0. The highest BCUT2D eigenvalue weighted by Crippen LogP contribution is 2.19. The van der Waals surface area contributed by atoms with E-state index in [1.807, 2.05) is 6.08 Å². The molecule has 0 aliphatic heterocycles. The van der Waals surface area contributed by atoms with E-state index in [1.54, 1.807) is 31.2 Å². The van der Waals surface area contributed by atoms with Crippen molar-refractivity contribution in [3.63, 3.8) is 0 Å². The molecule has 2 rings (SSSR count). The van der Waals surface area contributed by atoms with Crippen molar-refractivity contribution < 1.29 is 24.2 Å². The molecule has 136 valence electrons. The predicted molar refractivity (Wildman–Crippen MR) is 94.2 cm³/mol. The molecule has 1 amide bonds. The number of aliphatic hydroxyl groups excluding tert-OH is 1. The van der Waals surface area contributed by atoms with E-state index >= 15 is 0 Å². The number of anilines is 1. The number of hydrogen-bond acceptors (Lipinski definition) is 5. The van der Waals surface area contributed by atoms with Gasteiger partial charge in [-0.1, -0.05) is 24.6 Å². The molecule has 1 aliphatic carbocycles. The van der Waals surface area contributed by atoms with Crippen molar-refractivity contribution in [1.82, 2.24) is 0 Å². The number of hydrogen-bond donors (Lipinski definition) is 2. The molecule has 2 atom stereocenters. The summed E-state index contributed by atoms with van der Waals surface area (Å²) in [5.41, 5.74) is 0.931. The van der Waals surface area contributed by atoms with Gasteiger partial charge in [0.1, 0.15) is 6.10 Å². The van der Waals surface area contributed by atoms with E-state index in [0.29, 0.717) is 11.3 Å². The van der Waals surface area contributed by atoms with Crippen LogP contribution in [0.5, 0.6) is 0 Å². The molecule has 6 heteroatoms. The summed E-state index contributed by atoms with van der Waals surface area (Å²) in [6.07, 6.45) is 7.17. The highest BCUT2D eigenvalue weighted by atomic mass is 16.6. The third kappa shape index (κ3) is 6.23. The van der Waals surface area contributed by atoms with Gasteiger partial charge >= 0.3 is 12.1 Å². The average molecular weight is 347 g/mol. The number of allylic oxidation sites excluding steroid dienone is 1. The Kier molecular flexibility index (Phi) is 7.47. The number of rotatable bonds is 5. The number of ether oxygens (including phenoxy) is 2. The van der Waals surface area contributed by atoms with Gasteiger partial charge in [-0.3, -0.25) is 5.32 Å². The van der Waals surface area contributed by atoms with Crippen molar-refractivity contribution in [3.05, 3.63) is 42.0 Å². The van der Waals surface area contributed by atoms with E-state index < -0.39 is 18.2 Å². The lowest BCUT2D eigenvalue weighted by atomic mass is 10.0. The summed E-state index contributed by atoms with van der Waals surface area (Å²) in [7, 11) is 0. The molecule has 1 aromatic rings. The van der Waals surface area contributed by atoms with Crippen LogP contribution >= 0.6 is 0 Å². The Bertz CT molecular complexity index is 596. The number of carbonyl (C=O) groups excluding carboxylic acids is 2. The Morgan fingerprint density at radius 3 is 2.72 bits per heavy atom. The number of esters is 1. The van der Waals surface area contributed by atoms with E-state index in [0.717, 1.165) is 25.7 Å². The highest BCUT2D eigenvalue weighted by molar-refractivity contribution is 5.85. The van der Waals surface area contributed by atoms with Gasteiger partial charge in [0.2, 0.25) is 0 Å². The fraction of sp³-hybridized carbons (Fsp3) is 0.474. The van der Waals surface area contributed by atoms with Crippen LogP contribution in [0, 0.1) is 0 Å². The second-order valence-electron chi connectivity index (χ2n) is 5.91. The van der Waals surface area contributed by atoms with Crippen LogP contribution in [0.3, 0.4) is 0 Å². The summed E-state index contributed by atoms with van der Waals surface area (Å²) in [6.45, 7) is 1.88. The van der Waals surface area contributed by atoms with Crippen molar-refractivity contribution in [3.8, 4) is 0 Å². The molecular weight excluding hydrogens is 322 g/mol. The van der Waals surface area contributed by atoms with Crippen LogP contribution < -0.4 is 5.32 Å². The van der Waals surface area contributed by atoms with Crippen LogP contribution in [0.25, 0.3) is 0 Å². The van der Waals surface area contributed by atoms with E-state index in [-0.39, 0.29) is 12.7 Å². The molecule has 0 aromatic heterocycles. The highest BCUT2D eigenvalue weighted by Gasteiger charge is 2.18. The molecule has 0 spiro atoms. The summed E-state index contributed by atoms with van der Waals surface area (Å²) in [5, 5.41) is 12.5. The molecule has 0 radical (unpaired) electrons. The van der Waals surface area contributed by atoms with Crippen LogP contribution in [0.15, 0.2) is 36.4 Å². The van der Waals surface area contributed by atoms with Gasteiger partial charge in [0.15, 0.2) is 6.10 Å². The smallest absolute Gasteiger partial charge is 0.412 e. The van der Waals surface area contributed by atoms with E-state index in [2.05, 4.69) is 11.4 Å². The zero-order valence-corrected chi connectivity index (χ0v) is 14.4. The summed E-state index contributed by atoms with van der Waals surface area (Å²) < 4.78 is 10.2. The Morgan fingerprint density at radius 1 is 1.24 bits per heavy atom. The van der Waals surface area contributed by atoms with Crippen LogP contribution in [0.2, 0.25) is 0 Å². The van der Waals surface area contributed by atoms with Crippen molar-refractivity contribution in [2.75, 3.05) is 11.9 Å². The fourth-order valence-electron chi connectivity index (χ4n) is 2.62. The van der Waals surface area contributed by atoms with Gasteiger partial charge < -0.3 is 14.6 Å². The molecule has 1 aromatic carbocycles. The summed E-state index contributed by atoms with van der Waals surface area (Å²) >= 11 is 0. The average Bonchev–Trinajstić information content (AvgIpc) is 2.57. The normalized spacial score (nSPS) is 19.8. The molecule has 0 bridgehead atoms. The minimum Gasteiger partial charge on any atom is -0.464 e. The zero-order chi connectivity index (χ0) is 18.1. The first kappa shape index (κ1) is 19.0. The molecule has 2 N–H and O–H groups in total. The van der Waals surface area contributed by atoms with Crippen LogP contribution in [0.4, 0.5) is 10.5 Å². The second kappa shape index (κ2) is 9.84.